The van der Waals surface area contributed by atoms with Gasteiger partial charge in [0, 0.05) is 38.3 Å². The van der Waals surface area contributed by atoms with Crippen molar-refractivity contribution in [1.29, 1.82) is 0 Å². The Morgan fingerprint density at radius 2 is 1.70 bits per heavy atom. The second kappa shape index (κ2) is 11.2. The number of carboxylic acid groups (broad SMARTS) is 1. The van der Waals surface area contributed by atoms with Gasteiger partial charge in [0.15, 0.2) is 0 Å². The van der Waals surface area contributed by atoms with Crippen molar-refractivity contribution in [2.24, 2.45) is 5.16 Å². The van der Waals surface area contributed by atoms with Crippen molar-refractivity contribution in [2.75, 3.05) is 37.6 Å². The zero-order valence-corrected chi connectivity index (χ0v) is 18.3. The molecule has 33 heavy (non-hydrogen) atoms. The smallest absolute Gasteiger partial charge is 0.416 e. The number of anilines is 1. The molecule has 0 spiro atoms. The van der Waals surface area contributed by atoms with Gasteiger partial charge >= 0.3 is 12.1 Å². The zero-order valence-electron chi connectivity index (χ0n) is 18.3. The molecule has 0 saturated carbocycles. The standard InChI is InChI=1S/C24H28F3N3O3/c25-24(26,27)20-4-1-5-21(17-20)30-15-13-29(14-16-30)12-2-3-18-6-8-19(9-7-18)22(28-33)10-11-23(31)32/h1,4-9,17,33H,2-3,10-16H2,(H,31,32)/b28-22-. The SMILES string of the molecule is O=C(O)CC/C(=N/O)c1ccc(CCCN2CCN(c3cccc(C(F)(F)F)c3)CC2)cc1. The van der Waals surface area contributed by atoms with Gasteiger partial charge in [-0.15, -0.1) is 0 Å². The first-order valence-electron chi connectivity index (χ1n) is 10.9. The van der Waals surface area contributed by atoms with Crippen LogP contribution in [0.5, 0.6) is 0 Å². The van der Waals surface area contributed by atoms with Crippen LogP contribution in [0, 0.1) is 0 Å². The Bertz CT molecular complexity index is 953. The molecule has 0 atom stereocenters. The van der Waals surface area contributed by atoms with Crippen LogP contribution in [0.15, 0.2) is 53.7 Å². The molecule has 0 unspecified atom stereocenters. The van der Waals surface area contributed by atoms with Gasteiger partial charge in [-0.3, -0.25) is 9.69 Å². The summed E-state index contributed by atoms with van der Waals surface area (Å²) in [7, 11) is 0. The van der Waals surface area contributed by atoms with E-state index in [0.717, 1.165) is 44.1 Å². The minimum absolute atomic E-state index is 0.0951. The Hall–Kier alpha value is -3.07. The fraction of sp³-hybridized carbons (Fsp3) is 0.417. The van der Waals surface area contributed by atoms with Gasteiger partial charge in [-0.25, -0.2) is 0 Å². The van der Waals surface area contributed by atoms with Crippen LogP contribution in [0.1, 0.15) is 36.0 Å². The molecule has 1 aliphatic heterocycles. The third-order valence-corrected chi connectivity index (χ3v) is 5.83. The largest absolute Gasteiger partial charge is 0.481 e. The number of benzene rings is 2. The van der Waals surface area contributed by atoms with Crippen molar-refractivity contribution < 1.29 is 28.3 Å². The molecule has 0 amide bonds. The molecule has 0 bridgehead atoms. The highest BCUT2D eigenvalue weighted by Crippen LogP contribution is 2.31. The van der Waals surface area contributed by atoms with Crippen LogP contribution >= 0.6 is 0 Å². The lowest BCUT2D eigenvalue weighted by atomic mass is 10.0. The number of piperazine rings is 1. The highest BCUT2D eigenvalue weighted by Gasteiger charge is 2.31. The lowest BCUT2D eigenvalue weighted by Gasteiger charge is -2.36. The summed E-state index contributed by atoms with van der Waals surface area (Å²) in [5.41, 5.74) is 2.18. The first-order chi connectivity index (χ1) is 15.8. The van der Waals surface area contributed by atoms with Gasteiger partial charge in [-0.2, -0.15) is 13.2 Å². The van der Waals surface area contributed by atoms with Crippen LogP contribution in [0.3, 0.4) is 0 Å². The molecule has 2 aromatic rings. The Labute approximate surface area is 190 Å². The van der Waals surface area contributed by atoms with Crippen molar-refractivity contribution in [1.82, 2.24) is 4.90 Å². The highest BCUT2D eigenvalue weighted by molar-refractivity contribution is 6.01. The summed E-state index contributed by atoms with van der Waals surface area (Å²) in [5, 5.41) is 21.1. The number of hydrogen-bond acceptors (Lipinski definition) is 5. The minimum atomic E-state index is -4.33. The molecule has 6 nitrogen and oxygen atoms in total. The van der Waals surface area contributed by atoms with Crippen LogP contribution in [-0.4, -0.2) is 59.6 Å². The van der Waals surface area contributed by atoms with E-state index in [1.807, 2.05) is 29.2 Å². The maximum absolute atomic E-state index is 13.0. The van der Waals surface area contributed by atoms with Gasteiger partial charge in [0.05, 0.1) is 17.7 Å². The van der Waals surface area contributed by atoms with E-state index in [1.54, 1.807) is 6.07 Å². The second-order valence-electron chi connectivity index (χ2n) is 8.12. The second-order valence-corrected chi connectivity index (χ2v) is 8.12. The monoisotopic (exact) mass is 463 g/mol. The van der Waals surface area contributed by atoms with Gasteiger partial charge < -0.3 is 15.2 Å². The molecule has 2 aromatic carbocycles. The molecule has 1 saturated heterocycles. The first-order valence-corrected chi connectivity index (χ1v) is 10.9. The summed E-state index contributed by atoms with van der Waals surface area (Å²) in [6.45, 7) is 3.88. The molecule has 1 fully saturated rings. The topological polar surface area (TPSA) is 76.4 Å². The van der Waals surface area contributed by atoms with Gasteiger partial charge in [0.2, 0.25) is 0 Å². The maximum atomic E-state index is 13.0. The summed E-state index contributed by atoms with van der Waals surface area (Å²) in [4.78, 5) is 15.0. The van der Waals surface area contributed by atoms with Gasteiger partial charge in [-0.1, -0.05) is 35.5 Å². The average Bonchev–Trinajstić information content (AvgIpc) is 2.80. The van der Waals surface area contributed by atoms with Crippen molar-refractivity contribution in [3.8, 4) is 0 Å². The van der Waals surface area contributed by atoms with E-state index in [9.17, 15) is 18.0 Å². The number of aliphatic carboxylic acids is 1. The molecule has 3 rings (SSSR count). The zero-order chi connectivity index (χ0) is 23.8. The fourth-order valence-electron chi connectivity index (χ4n) is 3.96. The number of halogens is 3. The Morgan fingerprint density at radius 1 is 1.00 bits per heavy atom. The number of aryl methyl sites for hydroxylation is 1. The third-order valence-electron chi connectivity index (χ3n) is 5.83. The van der Waals surface area contributed by atoms with Crippen molar-refractivity contribution in [3.05, 3.63) is 65.2 Å². The number of oxime groups is 1. The van der Waals surface area contributed by atoms with Crippen LogP contribution in [0.25, 0.3) is 0 Å². The van der Waals surface area contributed by atoms with E-state index in [1.165, 1.54) is 12.1 Å². The van der Waals surface area contributed by atoms with Crippen LogP contribution in [0.2, 0.25) is 0 Å². The molecular weight excluding hydrogens is 435 g/mol. The summed E-state index contributed by atoms with van der Waals surface area (Å²) in [6, 6.07) is 13.1. The first kappa shape index (κ1) is 24.6. The van der Waals surface area contributed by atoms with E-state index in [-0.39, 0.29) is 12.8 Å². The summed E-state index contributed by atoms with van der Waals surface area (Å²) < 4.78 is 38.9. The normalized spacial score (nSPS) is 15.6. The lowest BCUT2D eigenvalue weighted by molar-refractivity contribution is -0.138. The number of hydrogen-bond donors (Lipinski definition) is 2. The number of carboxylic acids is 1. The fourth-order valence-corrected chi connectivity index (χ4v) is 3.96. The molecule has 1 heterocycles. The molecule has 1 aliphatic rings. The predicted molar refractivity (Wildman–Crippen MR) is 120 cm³/mol. The lowest BCUT2D eigenvalue weighted by Crippen LogP contribution is -2.46. The maximum Gasteiger partial charge on any atom is 0.416 e. The number of alkyl halides is 3. The summed E-state index contributed by atoms with van der Waals surface area (Å²) in [5.74, 6) is -0.941. The Kier molecular flexibility index (Phi) is 8.32. The summed E-state index contributed by atoms with van der Waals surface area (Å²) in [6.07, 6.45) is -2.45. The van der Waals surface area contributed by atoms with Crippen molar-refractivity contribution in [2.45, 2.75) is 31.9 Å². The quantitative estimate of drug-likeness (QED) is 0.325. The van der Waals surface area contributed by atoms with E-state index in [0.29, 0.717) is 30.1 Å². The number of rotatable bonds is 9. The van der Waals surface area contributed by atoms with E-state index >= 15 is 0 Å². The van der Waals surface area contributed by atoms with Crippen LogP contribution < -0.4 is 4.90 Å². The van der Waals surface area contributed by atoms with Gasteiger partial charge in [-0.05, 0) is 48.7 Å². The van der Waals surface area contributed by atoms with Crippen molar-refractivity contribution in [3.63, 3.8) is 0 Å². The van der Waals surface area contributed by atoms with Gasteiger partial charge in [0.25, 0.3) is 0 Å². The minimum Gasteiger partial charge on any atom is -0.481 e. The van der Waals surface area contributed by atoms with E-state index < -0.39 is 17.7 Å². The molecule has 0 aromatic heterocycles. The molecular formula is C24H28F3N3O3. The highest BCUT2D eigenvalue weighted by atomic mass is 19.4. The average molecular weight is 464 g/mol. The molecule has 0 aliphatic carbocycles. The molecule has 9 heteroatoms. The Balaban J connectivity index is 1.43. The molecule has 0 radical (unpaired) electrons. The van der Waals surface area contributed by atoms with E-state index in [4.69, 9.17) is 10.3 Å². The van der Waals surface area contributed by atoms with E-state index in [2.05, 4.69) is 10.1 Å². The van der Waals surface area contributed by atoms with Crippen molar-refractivity contribution >= 4 is 17.4 Å². The van der Waals surface area contributed by atoms with Crippen LogP contribution in [-0.2, 0) is 17.4 Å². The third kappa shape index (κ3) is 7.21. The van der Waals surface area contributed by atoms with Crippen LogP contribution in [0.4, 0.5) is 18.9 Å². The van der Waals surface area contributed by atoms with Gasteiger partial charge in [0.1, 0.15) is 0 Å². The number of nitrogens with zero attached hydrogens (tertiary/aromatic N) is 3. The number of carbonyl (C=O) groups is 1. The Morgan fingerprint density at radius 3 is 2.30 bits per heavy atom. The summed E-state index contributed by atoms with van der Waals surface area (Å²) >= 11 is 0. The predicted octanol–water partition coefficient (Wildman–Crippen LogP) is 4.50. The molecule has 2 N–H and O–H groups in total. The molecule has 178 valence electrons.